The van der Waals surface area contributed by atoms with Crippen LogP contribution in [0.4, 0.5) is 4.39 Å². The van der Waals surface area contributed by atoms with Gasteiger partial charge in [-0.25, -0.2) is 4.39 Å². The Kier molecular flexibility index (Phi) is 4.20. The highest BCUT2D eigenvalue weighted by Crippen LogP contribution is 2.25. The van der Waals surface area contributed by atoms with Crippen molar-refractivity contribution in [3.8, 4) is 0 Å². The molecule has 0 aromatic carbocycles. The zero-order valence-corrected chi connectivity index (χ0v) is 10.5. The van der Waals surface area contributed by atoms with Gasteiger partial charge in [-0.1, -0.05) is 13.8 Å². The summed E-state index contributed by atoms with van der Waals surface area (Å²) in [7, 11) is 0. The van der Waals surface area contributed by atoms with Crippen LogP contribution in [0.2, 0.25) is 0 Å². The average molecular weight is 229 g/mol. The smallest absolute Gasteiger partial charge is 0.124 e. The van der Waals surface area contributed by atoms with Gasteiger partial charge in [0, 0.05) is 13.1 Å². The average Bonchev–Trinajstić information content (AvgIpc) is 2.22. The van der Waals surface area contributed by atoms with Crippen molar-refractivity contribution in [2.75, 3.05) is 26.2 Å². The third kappa shape index (κ3) is 3.17. The molecule has 16 heavy (non-hydrogen) atoms. The number of ether oxygens (including phenoxy) is 1. The van der Waals surface area contributed by atoms with Gasteiger partial charge in [0.15, 0.2) is 0 Å². The second kappa shape index (κ2) is 5.46. The summed E-state index contributed by atoms with van der Waals surface area (Å²) in [6.07, 6.45) is 2.83. The first-order valence-corrected chi connectivity index (χ1v) is 6.63. The predicted octanol–water partition coefficient (Wildman–Crippen LogP) is 2.48. The minimum atomic E-state index is -0.744. The molecule has 2 heterocycles. The van der Waals surface area contributed by atoms with Crippen LogP contribution in [0.1, 0.15) is 33.1 Å². The van der Waals surface area contributed by atoms with Crippen LogP contribution in [0.25, 0.3) is 0 Å². The summed E-state index contributed by atoms with van der Waals surface area (Å²) in [6, 6.07) is 0. The van der Waals surface area contributed by atoms with E-state index in [1.165, 1.54) is 25.9 Å². The van der Waals surface area contributed by atoms with Gasteiger partial charge >= 0.3 is 0 Å². The minimum absolute atomic E-state index is 0.247. The third-order valence-electron chi connectivity index (χ3n) is 3.93. The highest BCUT2D eigenvalue weighted by Gasteiger charge is 2.30. The lowest BCUT2D eigenvalue weighted by atomic mass is 9.93. The van der Waals surface area contributed by atoms with Gasteiger partial charge in [-0.3, -0.25) is 0 Å². The summed E-state index contributed by atoms with van der Waals surface area (Å²) in [4.78, 5) is 2.49. The summed E-state index contributed by atoms with van der Waals surface area (Å²) < 4.78 is 18.7. The highest BCUT2D eigenvalue weighted by atomic mass is 19.1. The lowest BCUT2D eigenvalue weighted by Gasteiger charge is -2.38. The third-order valence-corrected chi connectivity index (χ3v) is 3.93. The van der Waals surface area contributed by atoms with E-state index in [2.05, 4.69) is 18.7 Å². The van der Waals surface area contributed by atoms with Gasteiger partial charge in [-0.05, 0) is 37.6 Å². The maximum absolute atomic E-state index is 13.1. The topological polar surface area (TPSA) is 12.5 Å². The number of rotatable bonds is 2. The van der Waals surface area contributed by atoms with Crippen molar-refractivity contribution in [2.24, 2.45) is 11.8 Å². The van der Waals surface area contributed by atoms with Crippen molar-refractivity contribution in [1.29, 1.82) is 0 Å². The molecule has 3 heteroatoms. The van der Waals surface area contributed by atoms with E-state index >= 15 is 0 Å². The highest BCUT2D eigenvalue weighted by molar-refractivity contribution is 4.80. The molecule has 0 amide bonds. The number of likely N-dealkylation sites (tertiary alicyclic amines) is 1. The second-order valence-electron chi connectivity index (χ2n) is 5.69. The van der Waals surface area contributed by atoms with E-state index in [9.17, 15) is 4.39 Å². The zero-order chi connectivity index (χ0) is 11.5. The summed E-state index contributed by atoms with van der Waals surface area (Å²) >= 11 is 0. The number of hydrogen-bond acceptors (Lipinski definition) is 2. The number of alkyl halides is 1. The van der Waals surface area contributed by atoms with Crippen LogP contribution < -0.4 is 0 Å². The predicted molar refractivity (Wildman–Crippen MR) is 63.3 cm³/mol. The molecule has 0 N–H and O–H groups in total. The van der Waals surface area contributed by atoms with Crippen molar-refractivity contribution in [3.05, 3.63) is 0 Å². The Labute approximate surface area is 98.1 Å². The Hall–Kier alpha value is -0.150. The fraction of sp³-hybridized carbons (Fsp3) is 1.00. The minimum Gasteiger partial charge on any atom is -0.374 e. The van der Waals surface area contributed by atoms with E-state index in [0.29, 0.717) is 18.9 Å². The fourth-order valence-electron chi connectivity index (χ4n) is 2.96. The lowest BCUT2D eigenvalue weighted by molar-refractivity contribution is -0.0752. The zero-order valence-electron chi connectivity index (χ0n) is 10.5. The van der Waals surface area contributed by atoms with E-state index in [1.54, 1.807) is 0 Å². The standard InChI is InChI=1S/C13H24FNO/c1-10-4-3-5-15(7-10)8-13-11(2)6-12(14)9-16-13/h10-13H,3-9H2,1-2H3/t10-,11+,12-,13+/m1/s1. The van der Waals surface area contributed by atoms with Crippen LogP contribution in [-0.4, -0.2) is 43.4 Å². The molecule has 0 bridgehead atoms. The molecule has 2 aliphatic rings. The van der Waals surface area contributed by atoms with Crippen molar-refractivity contribution in [1.82, 2.24) is 4.90 Å². The van der Waals surface area contributed by atoms with Gasteiger partial charge in [-0.15, -0.1) is 0 Å². The van der Waals surface area contributed by atoms with Crippen LogP contribution in [0.15, 0.2) is 0 Å². The van der Waals surface area contributed by atoms with Gasteiger partial charge in [0.05, 0.1) is 12.7 Å². The maximum atomic E-state index is 13.1. The Morgan fingerprint density at radius 2 is 2.19 bits per heavy atom. The molecule has 94 valence electrons. The van der Waals surface area contributed by atoms with E-state index in [-0.39, 0.29) is 6.10 Å². The van der Waals surface area contributed by atoms with E-state index in [4.69, 9.17) is 4.74 Å². The molecule has 0 aliphatic carbocycles. The molecule has 0 spiro atoms. The molecule has 4 atom stereocenters. The summed E-state index contributed by atoms with van der Waals surface area (Å²) in [5.74, 6) is 1.17. The maximum Gasteiger partial charge on any atom is 0.124 e. The molecule has 0 unspecified atom stereocenters. The van der Waals surface area contributed by atoms with Crippen molar-refractivity contribution >= 4 is 0 Å². The molecule has 2 saturated heterocycles. The molecule has 2 aliphatic heterocycles. The second-order valence-corrected chi connectivity index (χ2v) is 5.69. The van der Waals surface area contributed by atoms with Gasteiger partial charge in [0.1, 0.15) is 6.17 Å². The van der Waals surface area contributed by atoms with Crippen LogP contribution in [0.5, 0.6) is 0 Å². The quantitative estimate of drug-likeness (QED) is 0.721. The first-order chi connectivity index (χ1) is 7.65. The number of piperidine rings is 1. The van der Waals surface area contributed by atoms with Crippen LogP contribution in [-0.2, 0) is 4.74 Å². The first kappa shape index (κ1) is 12.3. The van der Waals surface area contributed by atoms with Gasteiger partial charge in [0.25, 0.3) is 0 Å². The summed E-state index contributed by atoms with van der Waals surface area (Å²) in [5.41, 5.74) is 0. The lowest BCUT2D eigenvalue weighted by Crippen LogP contribution is -2.45. The van der Waals surface area contributed by atoms with Gasteiger partial charge in [0.2, 0.25) is 0 Å². The van der Waals surface area contributed by atoms with Crippen molar-refractivity contribution in [3.63, 3.8) is 0 Å². The Morgan fingerprint density at radius 3 is 2.88 bits per heavy atom. The Bertz CT molecular complexity index is 224. The number of hydrogen-bond donors (Lipinski definition) is 0. The van der Waals surface area contributed by atoms with Crippen LogP contribution in [0, 0.1) is 11.8 Å². The monoisotopic (exact) mass is 229 g/mol. The SMILES string of the molecule is C[C@@H]1CCCN(C[C@@H]2OC[C@H](F)C[C@@H]2C)C1. The van der Waals surface area contributed by atoms with E-state index in [1.807, 2.05) is 0 Å². The fourth-order valence-corrected chi connectivity index (χ4v) is 2.96. The van der Waals surface area contributed by atoms with E-state index in [0.717, 1.165) is 12.5 Å². The molecule has 0 saturated carbocycles. The largest absolute Gasteiger partial charge is 0.374 e. The van der Waals surface area contributed by atoms with E-state index < -0.39 is 6.17 Å². The molecule has 2 rings (SSSR count). The molecule has 0 aromatic rings. The van der Waals surface area contributed by atoms with Gasteiger partial charge in [-0.2, -0.15) is 0 Å². The van der Waals surface area contributed by atoms with Crippen LogP contribution >= 0.6 is 0 Å². The summed E-state index contributed by atoms with van der Waals surface area (Å²) in [5, 5.41) is 0. The Balaban J connectivity index is 1.80. The van der Waals surface area contributed by atoms with Crippen molar-refractivity contribution in [2.45, 2.75) is 45.4 Å². The summed E-state index contributed by atoms with van der Waals surface area (Å²) in [6.45, 7) is 8.11. The normalized spacial score (nSPS) is 42.2. The number of nitrogens with zero attached hydrogens (tertiary/aromatic N) is 1. The molecule has 0 aromatic heterocycles. The number of halogens is 1. The molecular formula is C13H24FNO. The molecule has 2 nitrogen and oxygen atoms in total. The Morgan fingerprint density at radius 1 is 1.38 bits per heavy atom. The molecule has 0 radical (unpaired) electrons. The first-order valence-electron chi connectivity index (χ1n) is 6.63. The molecular weight excluding hydrogens is 205 g/mol. The van der Waals surface area contributed by atoms with Crippen molar-refractivity contribution < 1.29 is 9.13 Å². The molecule has 2 fully saturated rings. The van der Waals surface area contributed by atoms with Crippen LogP contribution in [0.3, 0.4) is 0 Å². The van der Waals surface area contributed by atoms with Gasteiger partial charge < -0.3 is 9.64 Å².